The number of hydrogen-bond acceptors (Lipinski definition) is 7. The molecule has 1 aliphatic carbocycles. The Morgan fingerprint density at radius 3 is 2.82 bits per heavy atom. The molecule has 1 amide bonds. The maximum absolute atomic E-state index is 13.1. The van der Waals surface area contributed by atoms with E-state index in [0.717, 1.165) is 44.6 Å². The second-order valence-corrected chi connectivity index (χ2v) is 9.83. The number of anilines is 2. The quantitative estimate of drug-likeness (QED) is 0.572. The molecule has 2 aromatic rings. The van der Waals surface area contributed by atoms with Crippen molar-refractivity contribution < 1.29 is 9.53 Å². The Kier molecular flexibility index (Phi) is 6.29. The highest BCUT2D eigenvalue weighted by atomic mass is 35.5. The van der Waals surface area contributed by atoms with E-state index in [0.29, 0.717) is 40.1 Å². The van der Waals surface area contributed by atoms with Crippen LogP contribution in [0.5, 0.6) is 5.75 Å². The molecule has 33 heavy (non-hydrogen) atoms. The molecule has 8 nitrogen and oxygen atoms in total. The Balaban J connectivity index is 1.36. The molecule has 176 valence electrons. The van der Waals surface area contributed by atoms with Gasteiger partial charge in [0.25, 0.3) is 5.91 Å². The summed E-state index contributed by atoms with van der Waals surface area (Å²) in [6.45, 7) is 4.29. The lowest BCUT2D eigenvalue weighted by Crippen LogP contribution is -2.43. The molecule has 5 rings (SSSR count). The number of amides is 1. The summed E-state index contributed by atoms with van der Waals surface area (Å²) in [5.41, 5.74) is 1.92. The summed E-state index contributed by atoms with van der Waals surface area (Å²) in [6, 6.07) is 5.82. The van der Waals surface area contributed by atoms with Crippen molar-refractivity contribution in [2.24, 2.45) is 5.41 Å². The molecule has 0 atom stereocenters. The van der Waals surface area contributed by atoms with Gasteiger partial charge in [-0.15, -0.1) is 0 Å². The molecule has 0 radical (unpaired) electrons. The predicted octanol–water partition coefficient (Wildman–Crippen LogP) is 3.22. The van der Waals surface area contributed by atoms with Gasteiger partial charge < -0.3 is 25.6 Å². The first-order valence-electron chi connectivity index (χ1n) is 11.8. The molecule has 3 fully saturated rings. The Labute approximate surface area is 199 Å². The van der Waals surface area contributed by atoms with Gasteiger partial charge in [0.15, 0.2) is 0 Å². The molecule has 2 saturated heterocycles. The molecule has 3 N–H and O–H groups in total. The van der Waals surface area contributed by atoms with E-state index in [4.69, 9.17) is 21.3 Å². The third-order valence-corrected chi connectivity index (χ3v) is 7.34. The molecule has 1 spiro atoms. The Hall–Kier alpha value is -2.58. The monoisotopic (exact) mass is 470 g/mol. The lowest BCUT2D eigenvalue weighted by atomic mass is 10.1. The number of aromatic nitrogens is 2. The van der Waals surface area contributed by atoms with Gasteiger partial charge in [-0.2, -0.15) is 4.98 Å². The van der Waals surface area contributed by atoms with Gasteiger partial charge in [0.05, 0.1) is 12.1 Å². The number of carbonyl (C=O) groups excluding carboxylic acids is 1. The first-order chi connectivity index (χ1) is 16.0. The number of methoxy groups -OCH3 is 1. The topological polar surface area (TPSA) is 91.4 Å². The SMILES string of the molecule is COc1ccc(CNc2nc(N3CCC4(CC4)C3)ncc2C(=O)NC2CCNCC2)cc1Cl. The number of hydrogen-bond donors (Lipinski definition) is 3. The molecule has 1 aromatic carbocycles. The maximum Gasteiger partial charge on any atom is 0.256 e. The van der Waals surface area contributed by atoms with Crippen molar-refractivity contribution in [1.82, 2.24) is 20.6 Å². The minimum absolute atomic E-state index is 0.135. The van der Waals surface area contributed by atoms with Crippen LogP contribution in [0.2, 0.25) is 5.02 Å². The lowest BCUT2D eigenvalue weighted by molar-refractivity contribution is 0.0929. The fourth-order valence-corrected chi connectivity index (χ4v) is 5.03. The first-order valence-corrected chi connectivity index (χ1v) is 12.1. The normalized spacial score (nSPS) is 19.5. The van der Waals surface area contributed by atoms with Crippen LogP contribution < -0.4 is 25.6 Å². The van der Waals surface area contributed by atoms with E-state index in [-0.39, 0.29) is 11.9 Å². The number of benzene rings is 1. The third kappa shape index (κ3) is 5.01. The number of carbonyl (C=O) groups is 1. The van der Waals surface area contributed by atoms with Crippen LogP contribution in [-0.2, 0) is 6.54 Å². The molecule has 0 bridgehead atoms. The van der Waals surface area contributed by atoms with Crippen molar-refractivity contribution in [2.45, 2.75) is 44.7 Å². The second-order valence-electron chi connectivity index (χ2n) is 9.42. The molecular formula is C24H31ClN6O2. The highest BCUT2D eigenvalue weighted by Gasteiger charge is 2.48. The van der Waals surface area contributed by atoms with E-state index in [1.54, 1.807) is 13.3 Å². The number of piperidine rings is 1. The van der Waals surface area contributed by atoms with Crippen LogP contribution in [0.1, 0.15) is 48.0 Å². The molecule has 1 aromatic heterocycles. The fourth-order valence-electron chi connectivity index (χ4n) is 4.75. The van der Waals surface area contributed by atoms with Crippen LogP contribution >= 0.6 is 11.6 Å². The van der Waals surface area contributed by atoms with E-state index >= 15 is 0 Å². The number of halogens is 1. The number of nitrogens with one attached hydrogen (secondary N) is 3. The van der Waals surface area contributed by atoms with Gasteiger partial charge in [0.1, 0.15) is 17.1 Å². The summed E-state index contributed by atoms with van der Waals surface area (Å²) in [7, 11) is 1.60. The Morgan fingerprint density at radius 1 is 1.30 bits per heavy atom. The molecule has 3 aliphatic rings. The summed E-state index contributed by atoms with van der Waals surface area (Å²) >= 11 is 6.29. The summed E-state index contributed by atoms with van der Waals surface area (Å²) in [5.74, 6) is 1.74. The molecule has 1 saturated carbocycles. The van der Waals surface area contributed by atoms with Crippen LogP contribution in [-0.4, -0.2) is 55.2 Å². The number of nitrogens with zero attached hydrogens (tertiary/aromatic N) is 3. The van der Waals surface area contributed by atoms with Crippen molar-refractivity contribution in [2.75, 3.05) is 43.5 Å². The molecule has 0 unspecified atom stereocenters. The Morgan fingerprint density at radius 2 is 2.12 bits per heavy atom. The molecule has 3 heterocycles. The van der Waals surface area contributed by atoms with Crippen molar-refractivity contribution in [1.29, 1.82) is 0 Å². The Bertz CT molecular complexity index is 1020. The second kappa shape index (κ2) is 9.35. The van der Waals surface area contributed by atoms with Gasteiger partial charge in [0, 0.05) is 31.9 Å². The van der Waals surface area contributed by atoms with E-state index in [9.17, 15) is 4.79 Å². The van der Waals surface area contributed by atoms with Crippen LogP contribution in [0, 0.1) is 5.41 Å². The van der Waals surface area contributed by atoms with Gasteiger partial charge in [-0.3, -0.25) is 4.79 Å². The van der Waals surface area contributed by atoms with Crippen LogP contribution in [0.15, 0.2) is 24.4 Å². The molecule has 2 aliphatic heterocycles. The van der Waals surface area contributed by atoms with Gasteiger partial charge in [0.2, 0.25) is 5.95 Å². The van der Waals surface area contributed by atoms with Crippen LogP contribution in [0.3, 0.4) is 0 Å². The van der Waals surface area contributed by atoms with E-state index in [1.807, 2.05) is 18.2 Å². The summed E-state index contributed by atoms with van der Waals surface area (Å²) in [6.07, 6.45) is 7.30. The van der Waals surface area contributed by atoms with E-state index in [2.05, 4.69) is 25.8 Å². The van der Waals surface area contributed by atoms with E-state index in [1.165, 1.54) is 19.3 Å². The van der Waals surface area contributed by atoms with E-state index < -0.39 is 0 Å². The fraction of sp³-hybridized carbons (Fsp3) is 0.542. The minimum atomic E-state index is -0.135. The average molecular weight is 471 g/mol. The van der Waals surface area contributed by atoms with Gasteiger partial charge in [-0.25, -0.2) is 4.98 Å². The van der Waals surface area contributed by atoms with Crippen molar-refractivity contribution >= 4 is 29.3 Å². The van der Waals surface area contributed by atoms with Gasteiger partial charge >= 0.3 is 0 Å². The average Bonchev–Trinajstić information content (AvgIpc) is 3.46. The summed E-state index contributed by atoms with van der Waals surface area (Å²) in [5, 5.41) is 10.4. The smallest absolute Gasteiger partial charge is 0.256 e. The zero-order valence-electron chi connectivity index (χ0n) is 19.0. The van der Waals surface area contributed by atoms with Gasteiger partial charge in [-0.1, -0.05) is 17.7 Å². The summed E-state index contributed by atoms with van der Waals surface area (Å²) in [4.78, 5) is 24.8. The zero-order chi connectivity index (χ0) is 22.8. The van der Waals surface area contributed by atoms with Crippen molar-refractivity contribution in [3.8, 4) is 5.75 Å². The number of rotatable bonds is 7. The highest BCUT2D eigenvalue weighted by molar-refractivity contribution is 6.32. The first kappa shape index (κ1) is 22.2. The zero-order valence-corrected chi connectivity index (χ0v) is 19.7. The third-order valence-electron chi connectivity index (χ3n) is 7.05. The molecular weight excluding hydrogens is 440 g/mol. The van der Waals surface area contributed by atoms with Gasteiger partial charge in [-0.05, 0) is 68.3 Å². The van der Waals surface area contributed by atoms with Crippen molar-refractivity contribution in [3.05, 3.63) is 40.5 Å². The minimum Gasteiger partial charge on any atom is -0.495 e. The molecule has 9 heteroatoms. The van der Waals surface area contributed by atoms with Crippen LogP contribution in [0.4, 0.5) is 11.8 Å². The maximum atomic E-state index is 13.1. The standard InChI is InChI=1S/C24H31ClN6O2/c1-33-20-3-2-16(12-19(20)25)13-27-21-18(22(32)29-17-4-9-26-10-5-17)14-28-23(30-21)31-11-8-24(15-31)6-7-24/h2-3,12,14,17,26H,4-11,13,15H2,1H3,(H,29,32)(H,27,28,30). The van der Waals surface area contributed by atoms with Crippen molar-refractivity contribution in [3.63, 3.8) is 0 Å². The lowest BCUT2D eigenvalue weighted by Gasteiger charge is -2.24. The van der Waals surface area contributed by atoms with Crippen LogP contribution in [0.25, 0.3) is 0 Å². The largest absolute Gasteiger partial charge is 0.495 e. The number of ether oxygens (including phenoxy) is 1. The predicted molar refractivity (Wildman–Crippen MR) is 129 cm³/mol. The highest BCUT2D eigenvalue weighted by Crippen LogP contribution is 2.53. The summed E-state index contributed by atoms with van der Waals surface area (Å²) < 4.78 is 5.24.